The van der Waals surface area contributed by atoms with Crippen molar-refractivity contribution in [3.63, 3.8) is 0 Å². The Morgan fingerprint density at radius 2 is 1.93 bits per heavy atom. The Morgan fingerprint density at radius 3 is 2.63 bits per heavy atom. The van der Waals surface area contributed by atoms with Gasteiger partial charge in [-0.3, -0.25) is 14.4 Å². The number of carbonyl (C=O) groups is 3. The molecule has 0 bridgehead atoms. The number of allylic oxidation sites excluding steroid dienone is 1. The van der Waals surface area contributed by atoms with Crippen LogP contribution in [0.2, 0.25) is 0 Å². The van der Waals surface area contributed by atoms with Crippen molar-refractivity contribution in [2.75, 3.05) is 5.75 Å². The zero-order valence-electron chi connectivity index (χ0n) is 18.3. The van der Waals surface area contributed by atoms with Crippen LogP contribution >= 0.6 is 11.8 Å². The molecule has 0 heterocycles. The second kappa shape index (κ2) is 7.56. The highest BCUT2D eigenvalue weighted by molar-refractivity contribution is 8.14. The highest BCUT2D eigenvalue weighted by Crippen LogP contribution is 2.67. The van der Waals surface area contributed by atoms with Gasteiger partial charge in [0.2, 0.25) is 0 Å². The van der Waals surface area contributed by atoms with Crippen molar-refractivity contribution in [2.24, 2.45) is 28.6 Å². The maximum atomic E-state index is 13.1. The highest BCUT2D eigenvalue weighted by Gasteiger charge is 2.68. The fraction of sp³-hybridized carbons (Fsp3) is 0.792. The van der Waals surface area contributed by atoms with Gasteiger partial charge in [0.15, 0.2) is 16.7 Å². The standard InChI is InChI=1S/C24H34O5S/c1-4-20(28)30-13-19(27)24(29)10-8-17-16-6-5-14-11-15(25)7-9-22(14,2)21(16)18(26)12-23(17,24)3/h11,16-18,21,26,29H,4-10,12-13H2,1-3H3/t16-,17-,18-,21+,22-,23-,24-/m0/s1. The number of aliphatic hydroxyl groups excluding tert-OH is 1. The first-order chi connectivity index (χ1) is 14.1. The smallest absolute Gasteiger partial charge is 0.189 e. The van der Waals surface area contributed by atoms with E-state index in [-0.39, 0.29) is 45.6 Å². The summed E-state index contributed by atoms with van der Waals surface area (Å²) in [6, 6.07) is 0. The molecular weight excluding hydrogens is 400 g/mol. The number of hydrogen-bond acceptors (Lipinski definition) is 6. The van der Waals surface area contributed by atoms with Gasteiger partial charge in [-0.25, -0.2) is 0 Å². The van der Waals surface area contributed by atoms with Crippen LogP contribution in [0.3, 0.4) is 0 Å². The first kappa shape index (κ1) is 22.2. The molecule has 0 aromatic rings. The Balaban J connectivity index is 1.62. The van der Waals surface area contributed by atoms with Crippen LogP contribution in [0.1, 0.15) is 72.1 Å². The summed E-state index contributed by atoms with van der Waals surface area (Å²) >= 11 is 0.996. The first-order valence-corrected chi connectivity index (χ1v) is 12.4. The van der Waals surface area contributed by atoms with Gasteiger partial charge >= 0.3 is 0 Å². The fourth-order valence-corrected chi connectivity index (χ4v) is 8.25. The lowest BCUT2D eigenvalue weighted by atomic mass is 9.45. The van der Waals surface area contributed by atoms with Crippen molar-refractivity contribution in [3.8, 4) is 0 Å². The molecule has 6 heteroatoms. The summed E-state index contributed by atoms with van der Waals surface area (Å²) in [5.41, 5.74) is -1.15. The third-order valence-electron chi connectivity index (χ3n) is 9.16. The van der Waals surface area contributed by atoms with Gasteiger partial charge in [0.05, 0.1) is 11.9 Å². The third kappa shape index (κ3) is 3.08. The van der Waals surface area contributed by atoms with Crippen molar-refractivity contribution in [1.29, 1.82) is 0 Å². The van der Waals surface area contributed by atoms with E-state index in [1.54, 1.807) is 6.92 Å². The van der Waals surface area contributed by atoms with Gasteiger partial charge in [-0.1, -0.05) is 38.1 Å². The van der Waals surface area contributed by atoms with E-state index in [2.05, 4.69) is 6.92 Å². The maximum Gasteiger partial charge on any atom is 0.189 e. The van der Waals surface area contributed by atoms with Crippen molar-refractivity contribution >= 4 is 28.4 Å². The lowest BCUT2D eigenvalue weighted by Gasteiger charge is -2.60. The third-order valence-corrected chi connectivity index (χ3v) is 10.2. The number of hydrogen-bond donors (Lipinski definition) is 2. The van der Waals surface area contributed by atoms with Gasteiger partial charge < -0.3 is 10.2 Å². The molecule has 5 nitrogen and oxygen atoms in total. The second-order valence-corrected chi connectivity index (χ2v) is 11.4. The quantitative estimate of drug-likeness (QED) is 0.704. The van der Waals surface area contributed by atoms with E-state index >= 15 is 0 Å². The van der Waals surface area contributed by atoms with E-state index in [1.807, 2.05) is 13.0 Å². The molecule has 4 aliphatic carbocycles. The Labute approximate surface area is 183 Å². The molecule has 7 atom stereocenters. The molecule has 0 radical (unpaired) electrons. The Kier molecular flexibility index (Phi) is 5.60. The highest BCUT2D eigenvalue weighted by atomic mass is 32.2. The molecule has 3 fully saturated rings. The largest absolute Gasteiger partial charge is 0.393 e. The zero-order valence-corrected chi connectivity index (χ0v) is 19.1. The van der Waals surface area contributed by atoms with E-state index < -0.39 is 17.1 Å². The van der Waals surface area contributed by atoms with E-state index in [4.69, 9.17) is 0 Å². The van der Waals surface area contributed by atoms with E-state index in [9.17, 15) is 24.6 Å². The minimum absolute atomic E-state index is 0.00237. The number of Topliss-reactive ketones (excluding diaryl/α,β-unsaturated/α-hetero) is 1. The van der Waals surface area contributed by atoms with Crippen molar-refractivity contribution in [1.82, 2.24) is 0 Å². The van der Waals surface area contributed by atoms with E-state index in [0.717, 1.165) is 37.4 Å². The average molecular weight is 435 g/mol. The second-order valence-electron chi connectivity index (χ2n) is 10.4. The van der Waals surface area contributed by atoms with Crippen molar-refractivity contribution < 1.29 is 24.6 Å². The number of fused-ring (bicyclic) bond motifs is 5. The predicted molar refractivity (Wildman–Crippen MR) is 116 cm³/mol. The fourth-order valence-electron chi connectivity index (χ4n) is 7.52. The summed E-state index contributed by atoms with van der Waals surface area (Å²) in [6.07, 6.45) is 6.20. The van der Waals surface area contributed by atoms with E-state index in [1.165, 1.54) is 5.57 Å². The molecule has 0 amide bonds. The van der Waals surface area contributed by atoms with Crippen LogP contribution in [-0.4, -0.2) is 44.4 Å². The molecule has 4 aliphatic rings. The van der Waals surface area contributed by atoms with Crippen LogP contribution in [0, 0.1) is 28.6 Å². The van der Waals surface area contributed by atoms with Gasteiger partial charge in [-0.05, 0) is 67.8 Å². The summed E-state index contributed by atoms with van der Waals surface area (Å²) in [5.74, 6) is 0.398. The van der Waals surface area contributed by atoms with Gasteiger partial charge in [-0.2, -0.15) is 0 Å². The SMILES string of the molecule is CCC(=O)SCC(=O)[C@@]1(O)CC[C@H]2[C@@H]3CCC4=CC(=O)CC[C@]4(C)[C@H]3[C@@H](O)C[C@@]21C. The van der Waals surface area contributed by atoms with E-state index in [0.29, 0.717) is 25.7 Å². The lowest BCUT2D eigenvalue weighted by molar-refractivity contribution is -0.178. The lowest BCUT2D eigenvalue weighted by Crippen LogP contribution is -2.62. The monoisotopic (exact) mass is 434 g/mol. The maximum absolute atomic E-state index is 13.1. The molecule has 30 heavy (non-hydrogen) atoms. The number of thioether (sulfide) groups is 1. The minimum Gasteiger partial charge on any atom is -0.393 e. The number of ketones is 2. The molecule has 2 N–H and O–H groups in total. The molecular formula is C24H34O5S. The van der Waals surface area contributed by atoms with Crippen LogP contribution in [0.5, 0.6) is 0 Å². The Morgan fingerprint density at radius 1 is 1.20 bits per heavy atom. The molecule has 0 aromatic carbocycles. The molecule has 166 valence electrons. The number of aliphatic hydroxyl groups is 2. The van der Waals surface area contributed by atoms with Crippen LogP contribution in [0.4, 0.5) is 0 Å². The summed E-state index contributed by atoms with van der Waals surface area (Å²) in [4.78, 5) is 36.8. The topological polar surface area (TPSA) is 91.7 Å². The Bertz CT molecular complexity index is 805. The molecule has 4 rings (SSSR count). The molecule has 3 saturated carbocycles. The minimum atomic E-state index is -1.48. The van der Waals surface area contributed by atoms with Crippen molar-refractivity contribution in [2.45, 2.75) is 83.8 Å². The normalized spacial score (nSPS) is 45.2. The van der Waals surface area contributed by atoms with Gasteiger partial charge in [-0.15, -0.1) is 0 Å². The molecule has 0 spiro atoms. The summed E-state index contributed by atoms with van der Waals surface area (Å²) in [6.45, 7) is 5.95. The van der Waals surface area contributed by atoms with Gasteiger partial charge in [0, 0.05) is 18.3 Å². The van der Waals surface area contributed by atoms with Gasteiger partial charge in [0.1, 0.15) is 5.60 Å². The molecule has 0 unspecified atom stereocenters. The van der Waals surface area contributed by atoms with Crippen LogP contribution < -0.4 is 0 Å². The molecule has 0 aliphatic heterocycles. The van der Waals surface area contributed by atoms with Crippen molar-refractivity contribution in [3.05, 3.63) is 11.6 Å². The molecule has 0 saturated heterocycles. The number of carbonyl (C=O) groups excluding carboxylic acids is 3. The Hall–Kier alpha value is -0.980. The number of rotatable bonds is 4. The van der Waals surface area contributed by atoms with Gasteiger partial charge in [0.25, 0.3) is 0 Å². The zero-order chi connectivity index (χ0) is 21.9. The van der Waals surface area contributed by atoms with Crippen LogP contribution in [0.25, 0.3) is 0 Å². The van der Waals surface area contributed by atoms with Crippen LogP contribution in [-0.2, 0) is 14.4 Å². The van der Waals surface area contributed by atoms with Crippen LogP contribution in [0.15, 0.2) is 11.6 Å². The summed E-state index contributed by atoms with van der Waals surface area (Å²) in [7, 11) is 0. The summed E-state index contributed by atoms with van der Waals surface area (Å²) < 4.78 is 0. The predicted octanol–water partition coefficient (Wildman–Crippen LogP) is 3.46. The average Bonchev–Trinajstić information content (AvgIpc) is 2.97. The molecule has 0 aromatic heterocycles. The first-order valence-electron chi connectivity index (χ1n) is 11.4. The summed E-state index contributed by atoms with van der Waals surface area (Å²) in [5, 5.41) is 22.9.